The van der Waals surface area contributed by atoms with E-state index in [1.165, 1.54) is 18.2 Å². The molecule has 5 nitrogen and oxygen atoms in total. The number of nitro groups is 1. The molecule has 22 heavy (non-hydrogen) atoms. The Morgan fingerprint density at radius 2 is 1.95 bits per heavy atom. The zero-order chi connectivity index (χ0) is 16.1. The van der Waals surface area contributed by atoms with Crippen LogP contribution in [0.15, 0.2) is 42.5 Å². The number of ketones is 1. The van der Waals surface area contributed by atoms with Crippen molar-refractivity contribution in [1.82, 2.24) is 5.32 Å². The van der Waals surface area contributed by atoms with E-state index in [2.05, 4.69) is 5.32 Å². The number of nitro benzene ring substituents is 1. The molecule has 2 aromatic carbocycles. The highest BCUT2D eigenvalue weighted by molar-refractivity contribution is 6.35. The summed E-state index contributed by atoms with van der Waals surface area (Å²) in [5.41, 5.74) is 1.01. The maximum absolute atomic E-state index is 12.0. The fraction of sp³-hybridized carbons (Fsp3) is 0.133. The molecule has 0 bridgehead atoms. The van der Waals surface area contributed by atoms with Gasteiger partial charge in [-0.1, -0.05) is 41.4 Å². The van der Waals surface area contributed by atoms with Crippen molar-refractivity contribution in [1.29, 1.82) is 0 Å². The number of nitrogens with one attached hydrogen (secondary N) is 1. The summed E-state index contributed by atoms with van der Waals surface area (Å²) in [5.74, 6) is -0.228. The van der Waals surface area contributed by atoms with E-state index in [4.69, 9.17) is 23.2 Å². The molecule has 0 heterocycles. The van der Waals surface area contributed by atoms with Crippen LogP contribution in [-0.4, -0.2) is 17.3 Å². The molecule has 0 aliphatic carbocycles. The van der Waals surface area contributed by atoms with Crippen molar-refractivity contribution in [2.24, 2.45) is 0 Å². The Labute approximate surface area is 137 Å². The Morgan fingerprint density at radius 1 is 1.18 bits per heavy atom. The van der Waals surface area contributed by atoms with E-state index in [-0.39, 0.29) is 18.0 Å². The number of non-ortho nitro benzene ring substituents is 1. The topological polar surface area (TPSA) is 72.2 Å². The van der Waals surface area contributed by atoms with Crippen LogP contribution in [0, 0.1) is 10.1 Å². The first-order valence-electron chi connectivity index (χ1n) is 6.39. The second-order valence-electron chi connectivity index (χ2n) is 4.57. The van der Waals surface area contributed by atoms with Gasteiger partial charge in [0, 0.05) is 34.3 Å². The summed E-state index contributed by atoms with van der Waals surface area (Å²) >= 11 is 11.8. The van der Waals surface area contributed by atoms with Gasteiger partial charge >= 0.3 is 0 Å². The van der Waals surface area contributed by atoms with Crippen LogP contribution in [0.3, 0.4) is 0 Å². The van der Waals surface area contributed by atoms with Gasteiger partial charge in [-0.2, -0.15) is 0 Å². The van der Waals surface area contributed by atoms with Crippen LogP contribution in [0.25, 0.3) is 0 Å². The highest BCUT2D eigenvalue weighted by atomic mass is 35.5. The molecule has 0 atom stereocenters. The molecule has 7 heteroatoms. The lowest BCUT2D eigenvalue weighted by atomic mass is 10.1. The molecule has 0 aliphatic rings. The molecule has 0 saturated heterocycles. The second-order valence-corrected chi connectivity index (χ2v) is 5.41. The third kappa shape index (κ3) is 4.27. The van der Waals surface area contributed by atoms with E-state index < -0.39 is 4.92 Å². The second kappa shape index (κ2) is 7.35. The van der Waals surface area contributed by atoms with Gasteiger partial charge in [0.2, 0.25) is 0 Å². The van der Waals surface area contributed by atoms with E-state index in [9.17, 15) is 14.9 Å². The SMILES string of the molecule is O=C(CNCc1ccc(Cl)cc1Cl)c1cccc([N+](=O)[O-])c1. The maximum Gasteiger partial charge on any atom is 0.270 e. The fourth-order valence-corrected chi connectivity index (χ4v) is 2.35. The lowest BCUT2D eigenvalue weighted by Crippen LogP contribution is -2.22. The lowest BCUT2D eigenvalue weighted by Gasteiger charge is -2.07. The van der Waals surface area contributed by atoms with Crippen LogP contribution in [0.5, 0.6) is 0 Å². The van der Waals surface area contributed by atoms with Crippen LogP contribution >= 0.6 is 23.2 Å². The zero-order valence-corrected chi connectivity index (χ0v) is 12.9. The smallest absolute Gasteiger partial charge is 0.270 e. The zero-order valence-electron chi connectivity index (χ0n) is 11.4. The van der Waals surface area contributed by atoms with Crippen LogP contribution in [0.2, 0.25) is 10.0 Å². The molecular weight excluding hydrogens is 327 g/mol. The number of benzene rings is 2. The summed E-state index contributed by atoms with van der Waals surface area (Å²) in [6, 6.07) is 10.8. The molecule has 0 saturated carbocycles. The molecule has 2 aromatic rings. The fourth-order valence-electron chi connectivity index (χ4n) is 1.87. The molecule has 0 amide bonds. The Bertz CT molecular complexity index is 720. The minimum Gasteiger partial charge on any atom is -0.306 e. The van der Waals surface area contributed by atoms with Gasteiger partial charge in [0.1, 0.15) is 0 Å². The van der Waals surface area contributed by atoms with Crippen molar-refractivity contribution < 1.29 is 9.72 Å². The van der Waals surface area contributed by atoms with Crippen LogP contribution in [0.4, 0.5) is 5.69 Å². The van der Waals surface area contributed by atoms with E-state index in [1.54, 1.807) is 24.3 Å². The summed E-state index contributed by atoms with van der Waals surface area (Å²) in [4.78, 5) is 22.2. The van der Waals surface area contributed by atoms with E-state index >= 15 is 0 Å². The van der Waals surface area contributed by atoms with Gasteiger partial charge in [0.25, 0.3) is 5.69 Å². The Balaban J connectivity index is 1.95. The number of halogens is 2. The number of nitrogens with zero attached hydrogens (tertiary/aromatic N) is 1. The molecule has 114 valence electrons. The molecule has 1 N–H and O–H groups in total. The third-order valence-electron chi connectivity index (χ3n) is 3.00. The monoisotopic (exact) mass is 338 g/mol. The molecule has 2 rings (SSSR count). The molecular formula is C15H12Cl2N2O3. The molecule has 0 unspecified atom stereocenters. The highest BCUT2D eigenvalue weighted by Gasteiger charge is 2.11. The predicted molar refractivity (Wildman–Crippen MR) is 85.6 cm³/mol. The van der Waals surface area contributed by atoms with Gasteiger partial charge < -0.3 is 5.32 Å². The summed E-state index contributed by atoms with van der Waals surface area (Å²) in [6.45, 7) is 0.455. The number of carbonyl (C=O) groups is 1. The average molecular weight is 339 g/mol. The summed E-state index contributed by atoms with van der Waals surface area (Å²) in [6.07, 6.45) is 0. The van der Waals surface area contributed by atoms with Crippen molar-refractivity contribution >= 4 is 34.7 Å². The molecule has 0 aromatic heterocycles. The van der Waals surface area contributed by atoms with E-state index in [0.29, 0.717) is 22.2 Å². The first kappa shape index (κ1) is 16.4. The third-order valence-corrected chi connectivity index (χ3v) is 3.58. The van der Waals surface area contributed by atoms with Gasteiger partial charge in [0.05, 0.1) is 11.5 Å². The largest absolute Gasteiger partial charge is 0.306 e. The minimum absolute atomic E-state index is 0.0557. The Hall–Kier alpha value is -1.95. The average Bonchev–Trinajstić information content (AvgIpc) is 2.49. The normalized spacial score (nSPS) is 10.5. The summed E-state index contributed by atoms with van der Waals surface area (Å²) < 4.78 is 0. The van der Waals surface area contributed by atoms with E-state index in [0.717, 1.165) is 5.56 Å². The van der Waals surface area contributed by atoms with Gasteiger partial charge in [-0.25, -0.2) is 0 Å². The number of rotatable bonds is 6. The highest BCUT2D eigenvalue weighted by Crippen LogP contribution is 2.20. The van der Waals surface area contributed by atoms with Crippen molar-refractivity contribution in [3.05, 3.63) is 73.8 Å². The lowest BCUT2D eigenvalue weighted by molar-refractivity contribution is -0.384. The molecule has 0 fully saturated rings. The molecule has 0 spiro atoms. The number of hydrogen-bond donors (Lipinski definition) is 1. The quantitative estimate of drug-likeness (QED) is 0.493. The van der Waals surface area contributed by atoms with Crippen molar-refractivity contribution in [3.8, 4) is 0 Å². The van der Waals surface area contributed by atoms with Gasteiger partial charge in [0.15, 0.2) is 5.78 Å². The predicted octanol–water partition coefficient (Wildman–Crippen LogP) is 3.87. The first-order chi connectivity index (χ1) is 10.5. The summed E-state index contributed by atoms with van der Waals surface area (Å²) in [5, 5.41) is 14.7. The minimum atomic E-state index is -0.530. The first-order valence-corrected chi connectivity index (χ1v) is 7.15. The molecule has 0 aliphatic heterocycles. The standard InChI is InChI=1S/C15H12Cl2N2O3/c16-12-5-4-11(14(17)7-12)8-18-9-15(20)10-2-1-3-13(6-10)19(21)22/h1-7,18H,8-9H2. The number of hydrogen-bond acceptors (Lipinski definition) is 4. The van der Waals surface area contributed by atoms with Gasteiger partial charge in [-0.05, 0) is 17.7 Å². The van der Waals surface area contributed by atoms with Gasteiger partial charge in [-0.15, -0.1) is 0 Å². The number of carbonyl (C=O) groups excluding carboxylic acids is 1. The van der Waals surface area contributed by atoms with Crippen LogP contribution in [-0.2, 0) is 6.54 Å². The Kier molecular flexibility index (Phi) is 5.49. The van der Waals surface area contributed by atoms with Crippen molar-refractivity contribution in [3.63, 3.8) is 0 Å². The van der Waals surface area contributed by atoms with Crippen LogP contribution < -0.4 is 5.32 Å². The van der Waals surface area contributed by atoms with Crippen LogP contribution in [0.1, 0.15) is 15.9 Å². The summed E-state index contributed by atoms with van der Waals surface area (Å²) in [7, 11) is 0. The van der Waals surface area contributed by atoms with Crippen molar-refractivity contribution in [2.45, 2.75) is 6.54 Å². The Morgan fingerprint density at radius 3 is 2.64 bits per heavy atom. The number of Topliss-reactive ketones (excluding diaryl/α,β-unsaturated/α-hetero) is 1. The van der Waals surface area contributed by atoms with E-state index in [1.807, 2.05) is 0 Å². The maximum atomic E-state index is 12.0. The van der Waals surface area contributed by atoms with Crippen molar-refractivity contribution in [2.75, 3.05) is 6.54 Å². The van der Waals surface area contributed by atoms with Gasteiger partial charge in [-0.3, -0.25) is 14.9 Å². The molecule has 0 radical (unpaired) electrons.